The minimum atomic E-state index is 0.644. The third kappa shape index (κ3) is 2.81. The van der Waals surface area contributed by atoms with Gasteiger partial charge < -0.3 is 15.0 Å². The highest BCUT2D eigenvalue weighted by Crippen LogP contribution is 2.14. The number of benzene rings is 1. The van der Waals surface area contributed by atoms with Crippen LogP contribution in [0.1, 0.15) is 11.1 Å². The number of pyridine rings is 1. The maximum absolute atomic E-state index is 5.04. The summed E-state index contributed by atoms with van der Waals surface area (Å²) in [5.74, 6) is 0.644. The van der Waals surface area contributed by atoms with Gasteiger partial charge in [-0.1, -0.05) is 18.2 Å². The summed E-state index contributed by atoms with van der Waals surface area (Å²) in [5.41, 5.74) is 3.59. The van der Waals surface area contributed by atoms with Crippen LogP contribution in [-0.2, 0) is 13.1 Å². The number of ether oxygens (including phenoxy) is 1. The molecular formula is C16H17N3O. The van der Waals surface area contributed by atoms with E-state index in [2.05, 4.69) is 39.6 Å². The average molecular weight is 267 g/mol. The Kier molecular flexibility index (Phi) is 3.65. The molecule has 0 amide bonds. The number of aromatic amines is 1. The number of nitrogens with zero attached hydrogens (tertiary/aromatic N) is 1. The van der Waals surface area contributed by atoms with Gasteiger partial charge >= 0.3 is 0 Å². The molecule has 4 heteroatoms. The van der Waals surface area contributed by atoms with Crippen LogP contribution in [0, 0.1) is 0 Å². The van der Waals surface area contributed by atoms with Gasteiger partial charge in [0.05, 0.1) is 7.11 Å². The van der Waals surface area contributed by atoms with Crippen LogP contribution in [0.4, 0.5) is 0 Å². The third-order valence-electron chi connectivity index (χ3n) is 3.28. The molecule has 0 aliphatic carbocycles. The summed E-state index contributed by atoms with van der Waals surface area (Å²) in [7, 11) is 1.62. The zero-order valence-electron chi connectivity index (χ0n) is 11.4. The van der Waals surface area contributed by atoms with Crippen molar-refractivity contribution in [2.45, 2.75) is 13.1 Å². The van der Waals surface area contributed by atoms with E-state index in [-0.39, 0.29) is 0 Å². The monoisotopic (exact) mass is 267 g/mol. The number of rotatable bonds is 5. The van der Waals surface area contributed by atoms with Gasteiger partial charge in [-0.3, -0.25) is 0 Å². The quantitative estimate of drug-likeness (QED) is 0.747. The molecule has 2 N–H and O–H groups in total. The molecule has 1 aromatic carbocycles. The first-order valence-electron chi connectivity index (χ1n) is 6.61. The van der Waals surface area contributed by atoms with Crippen molar-refractivity contribution >= 4 is 10.9 Å². The van der Waals surface area contributed by atoms with E-state index >= 15 is 0 Å². The number of nitrogens with one attached hydrogen (secondary N) is 2. The molecule has 3 aromatic rings. The first kappa shape index (κ1) is 12.7. The molecule has 0 atom stereocenters. The zero-order valence-corrected chi connectivity index (χ0v) is 11.4. The second-order valence-electron chi connectivity index (χ2n) is 4.71. The number of aromatic nitrogens is 2. The van der Waals surface area contributed by atoms with E-state index < -0.39 is 0 Å². The van der Waals surface area contributed by atoms with E-state index in [0.717, 1.165) is 18.7 Å². The first-order valence-corrected chi connectivity index (χ1v) is 6.61. The van der Waals surface area contributed by atoms with Crippen LogP contribution >= 0.6 is 0 Å². The molecule has 0 bridgehead atoms. The van der Waals surface area contributed by atoms with Crippen molar-refractivity contribution in [3.8, 4) is 5.88 Å². The largest absolute Gasteiger partial charge is 0.481 e. The number of H-pyrrole nitrogens is 1. The highest BCUT2D eigenvalue weighted by molar-refractivity contribution is 5.79. The van der Waals surface area contributed by atoms with E-state index in [9.17, 15) is 0 Å². The van der Waals surface area contributed by atoms with Crippen LogP contribution in [0.5, 0.6) is 5.88 Å². The summed E-state index contributed by atoms with van der Waals surface area (Å²) in [4.78, 5) is 7.42. The Morgan fingerprint density at radius 1 is 1.10 bits per heavy atom. The summed E-state index contributed by atoms with van der Waals surface area (Å²) < 4.78 is 5.04. The van der Waals surface area contributed by atoms with Gasteiger partial charge in [0.2, 0.25) is 5.88 Å². The molecule has 4 nitrogen and oxygen atoms in total. The smallest absolute Gasteiger partial charge is 0.212 e. The Bertz CT molecular complexity index is 688. The maximum Gasteiger partial charge on any atom is 0.212 e. The molecule has 0 saturated heterocycles. The standard InChI is InChI=1S/C16H17N3O/c1-20-16-5-3-13(11-19-16)10-17-9-12-2-4-14-6-7-18-15(14)8-12/h2-8,11,17-18H,9-10H2,1H3. The second kappa shape index (κ2) is 5.75. The molecular weight excluding hydrogens is 250 g/mol. The molecule has 0 radical (unpaired) electrons. The lowest BCUT2D eigenvalue weighted by Gasteiger charge is -2.06. The number of methoxy groups -OCH3 is 1. The number of hydrogen-bond acceptors (Lipinski definition) is 3. The molecule has 0 aliphatic heterocycles. The number of fused-ring (bicyclic) bond motifs is 1. The van der Waals surface area contributed by atoms with Gasteiger partial charge in [-0.05, 0) is 28.6 Å². The summed E-state index contributed by atoms with van der Waals surface area (Å²) in [6.45, 7) is 1.63. The lowest BCUT2D eigenvalue weighted by molar-refractivity contribution is 0.397. The molecule has 0 aliphatic rings. The normalized spacial score (nSPS) is 10.8. The predicted molar refractivity (Wildman–Crippen MR) is 79.6 cm³/mol. The van der Waals surface area contributed by atoms with Crippen LogP contribution in [0.25, 0.3) is 10.9 Å². The lowest BCUT2D eigenvalue weighted by atomic mass is 10.1. The molecule has 3 rings (SSSR count). The molecule has 102 valence electrons. The molecule has 20 heavy (non-hydrogen) atoms. The minimum Gasteiger partial charge on any atom is -0.481 e. The average Bonchev–Trinajstić information content (AvgIpc) is 2.95. The molecule has 2 aromatic heterocycles. The van der Waals surface area contributed by atoms with E-state index in [0.29, 0.717) is 5.88 Å². The van der Waals surface area contributed by atoms with Crippen molar-refractivity contribution < 1.29 is 4.74 Å². The summed E-state index contributed by atoms with van der Waals surface area (Å²) in [6.07, 6.45) is 3.80. The fourth-order valence-electron chi connectivity index (χ4n) is 2.19. The first-order chi connectivity index (χ1) is 9.85. The molecule has 2 heterocycles. The Morgan fingerprint density at radius 2 is 1.95 bits per heavy atom. The Balaban J connectivity index is 1.58. The maximum atomic E-state index is 5.04. The highest BCUT2D eigenvalue weighted by atomic mass is 16.5. The lowest BCUT2D eigenvalue weighted by Crippen LogP contribution is -2.12. The van der Waals surface area contributed by atoms with Crippen molar-refractivity contribution in [2.24, 2.45) is 0 Å². The van der Waals surface area contributed by atoms with Gasteiger partial charge in [-0.15, -0.1) is 0 Å². The van der Waals surface area contributed by atoms with Crippen molar-refractivity contribution in [1.82, 2.24) is 15.3 Å². The SMILES string of the molecule is COc1ccc(CNCc2ccc3cc[nH]c3c2)cn1. The molecule has 0 saturated carbocycles. The van der Waals surface area contributed by atoms with Crippen LogP contribution in [-0.4, -0.2) is 17.1 Å². The number of hydrogen-bond donors (Lipinski definition) is 2. The topological polar surface area (TPSA) is 49.9 Å². The summed E-state index contributed by atoms with van der Waals surface area (Å²) in [6, 6.07) is 12.4. The van der Waals surface area contributed by atoms with Gasteiger partial charge in [0.15, 0.2) is 0 Å². The van der Waals surface area contributed by atoms with Crippen molar-refractivity contribution in [2.75, 3.05) is 7.11 Å². The fourth-order valence-corrected chi connectivity index (χ4v) is 2.19. The van der Waals surface area contributed by atoms with Gasteiger partial charge in [-0.25, -0.2) is 4.98 Å². The fraction of sp³-hybridized carbons (Fsp3) is 0.188. The van der Waals surface area contributed by atoms with Crippen LogP contribution in [0.2, 0.25) is 0 Å². The predicted octanol–water partition coefficient (Wildman–Crippen LogP) is 2.86. The van der Waals surface area contributed by atoms with Crippen molar-refractivity contribution in [1.29, 1.82) is 0 Å². The highest BCUT2D eigenvalue weighted by Gasteiger charge is 1.99. The summed E-state index contributed by atoms with van der Waals surface area (Å²) in [5, 5.41) is 4.66. The van der Waals surface area contributed by atoms with E-state index in [1.165, 1.54) is 16.5 Å². The van der Waals surface area contributed by atoms with Crippen LogP contribution in [0.15, 0.2) is 48.8 Å². The molecule has 0 spiro atoms. The van der Waals surface area contributed by atoms with Crippen molar-refractivity contribution in [3.63, 3.8) is 0 Å². The Hall–Kier alpha value is -2.33. The van der Waals surface area contributed by atoms with Gasteiger partial charge in [-0.2, -0.15) is 0 Å². The van der Waals surface area contributed by atoms with Gasteiger partial charge in [0.25, 0.3) is 0 Å². The third-order valence-corrected chi connectivity index (χ3v) is 3.28. The zero-order chi connectivity index (χ0) is 13.8. The van der Waals surface area contributed by atoms with E-state index in [1.807, 2.05) is 24.5 Å². The summed E-state index contributed by atoms with van der Waals surface area (Å²) >= 11 is 0. The van der Waals surface area contributed by atoms with Gasteiger partial charge in [0, 0.05) is 37.1 Å². The minimum absolute atomic E-state index is 0.644. The Morgan fingerprint density at radius 3 is 2.75 bits per heavy atom. The molecule has 0 unspecified atom stereocenters. The second-order valence-corrected chi connectivity index (χ2v) is 4.71. The van der Waals surface area contributed by atoms with Gasteiger partial charge in [0.1, 0.15) is 0 Å². The molecule has 0 fully saturated rings. The van der Waals surface area contributed by atoms with Crippen LogP contribution < -0.4 is 10.1 Å². The van der Waals surface area contributed by atoms with E-state index in [4.69, 9.17) is 4.74 Å². The Labute approximate surface area is 117 Å². The van der Waals surface area contributed by atoms with Crippen molar-refractivity contribution in [3.05, 3.63) is 59.9 Å². The van der Waals surface area contributed by atoms with E-state index in [1.54, 1.807) is 7.11 Å². The van der Waals surface area contributed by atoms with Crippen LogP contribution in [0.3, 0.4) is 0 Å².